The van der Waals surface area contributed by atoms with E-state index in [0.717, 1.165) is 13.0 Å². The number of hydrogen-bond acceptors (Lipinski definition) is 2. The van der Waals surface area contributed by atoms with Gasteiger partial charge in [-0.25, -0.2) is 0 Å². The lowest BCUT2D eigenvalue weighted by Crippen LogP contribution is -2.17. The molecule has 1 heterocycles. The van der Waals surface area contributed by atoms with Crippen LogP contribution in [-0.2, 0) is 6.42 Å². The van der Waals surface area contributed by atoms with E-state index in [1.165, 1.54) is 24.1 Å². The largest absolute Gasteiger partial charge is 0.508 e. The second kappa shape index (κ2) is 3.29. The molecule has 1 aromatic carbocycles. The van der Waals surface area contributed by atoms with E-state index >= 15 is 0 Å². The molecular formula is C11H15NO. The van der Waals surface area contributed by atoms with Crippen LogP contribution < -0.4 is 4.90 Å². The highest BCUT2D eigenvalue weighted by molar-refractivity contribution is 5.57. The molecule has 0 radical (unpaired) electrons. The molecule has 2 rings (SSSR count). The zero-order valence-electron chi connectivity index (χ0n) is 7.95. The highest BCUT2D eigenvalue weighted by atomic mass is 16.3. The molecule has 0 amide bonds. The fraction of sp³-hybridized carbons (Fsp3) is 0.455. The van der Waals surface area contributed by atoms with Crippen LogP contribution in [0.1, 0.15) is 18.4 Å². The van der Waals surface area contributed by atoms with Crippen molar-refractivity contribution in [1.29, 1.82) is 0 Å². The Morgan fingerprint density at radius 3 is 3.00 bits per heavy atom. The van der Waals surface area contributed by atoms with Gasteiger partial charge in [-0.1, -0.05) is 6.07 Å². The number of phenolic OH excluding ortho intramolecular Hbond substituents is 1. The smallest absolute Gasteiger partial charge is 0.117 e. The minimum Gasteiger partial charge on any atom is -0.508 e. The Morgan fingerprint density at radius 1 is 1.31 bits per heavy atom. The van der Waals surface area contributed by atoms with Gasteiger partial charge in [0.1, 0.15) is 5.75 Å². The summed E-state index contributed by atoms with van der Waals surface area (Å²) in [5.41, 5.74) is 2.55. The average molecular weight is 177 g/mol. The van der Waals surface area contributed by atoms with Crippen LogP contribution in [0.5, 0.6) is 5.75 Å². The van der Waals surface area contributed by atoms with E-state index in [2.05, 4.69) is 11.9 Å². The van der Waals surface area contributed by atoms with Gasteiger partial charge in [-0.2, -0.15) is 0 Å². The Hall–Kier alpha value is -1.18. The minimum absolute atomic E-state index is 0.368. The molecular weight excluding hydrogens is 162 g/mol. The normalized spacial score (nSPS) is 16.5. The van der Waals surface area contributed by atoms with Crippen molar-refractivity contribution in [3.63, 3.8) is 0 Å². The van der Waals surface area contributed by atoms with Crippen LogP contribution >= 0.6 is 0 Å². The lowest BCUT2D eigenvalue weighted by molar-refractivity contribution is 0.475. The number of hydrogen-bond donors (Lipinski definition) is 1. The van der Waals surface area contributed by atoms with Crippen LogP contribution in [-0.4, -0.2) is 18.7 Å². The fourth-order valence-electron chi connectivity index (χ4n) is 1.90. The van der Waals surface area contributed by atoms with Gasteiger partial charge in [-0.15, -0.1) is 0 Å². The number of phenols is 1. The summed E-state index contributed by atoms with van der Waals surface area (Å²) in [6.45, 7) is 1.09. The molecule has 1 aliphatic heterocycles. The van der Waals surface area contributed by atoms with Crippen LogP contribution in [0.2, 0.25) is 0 Å². The van der Waals surface area contributed by atoms with Gasteiger partial charge in [-0.3, -0.25) is 0 Å². The lowest BCUT2D eigenvalue weighted by atomic mass is 10.1. The Kier molecular flexibility index (Phi) is 2.13. The number of anilines is 1. The minimum atomic E-state index is 0.368. The van der Waals surface area contributed by atoms with E-state index in [0.29, 0.717) is 5.75 Å². The van der Waals surface area contributed by atoms with Gasteiger partial charge in [0.05, 0.1) is 0 Å². The first-order valence-electron chi connectivity index (χ1n) is 4.80. The molecule has 0 unspecified atom stereocenters. The first-order valence-corrected chi connectivity index (χ1v) is 4.80. The van der Waals surface area contributed by atoms with E-state index in [4.69, 9.17) is 0 Å². The highest BCUT2D eigenvalue weighted by Crippen LogP contribution is 2.28. The molecule has 1 N–H and O–H groups in total. The van der Waals surface area contributed by atoms with Crippen molar-refractivity contribution in [1.82, 2.24) is 0 Å². The summed E-state index contributed by atoms with van der Waals surface area (Å²) in [5, 5.41) is 9.37. The first-order chi connectivity index (χ1) is 6.27. The predicted molar refractivity (Wildman–Crippen MR) is 54.3 cm³/mol. The standard InChI is InChI=1S/C11H15NO/c1-12-7-3-2-4-9-5-6-10(13)8-11(9)12/h5-6,8,13H,2-4,7H2,1H3. The van der Waals surface area contributed by atoms with Crippen molar-refractivity contribution in [3.05, 3.63) is 23.8 Å². The van der Waals surface area contributed by atoms with Gasteiger partial charge >= 0.3 is 0 Å². The van der Waals surface area contributed by atoms with E-state index in [9.17, 15) is 5.11 Å². The number of benzene rings is 1. The molecule has 2 nitrogen and oxygen atoms in total. The Labute approximate surface area is 78.8 Å². The second-order valence-corrected chi connectivity index (χ2v) is 3.69. The van der Waals surface area contributed by atoms with Crippen LogP contribution in [0.4, 0.5) is 5.69 Å². The summed E-state index contributed by atoms with van der Waals surface area (Å²) in [6.07, 6.45) is 3.63. The average Bonchev–Trinajstić information content (AvgIpc) is 2.29. The summed E-state index contributed by atoms with van der Waals surface area (Å²) in [5.74, 6) is 0.368. The lowest BCUT2D eigenvalue weighted by Gasteiger charge is -2.19. The number of nitrogens with zero attached hydrogens (tertiary/aromatic N) is 1. The first kappa shape index (κ1) is 8.42. The molecule has 0 spiro atoms. The maximum atomic E-state index is 9.37. The Balaban J connectivity index is 2.43. The molecule has 2 heteroatoms. The van der Waals surface area contributed by atoms with Crippen LogP contribution in [0.15, 0.2) is 18.2 Å². The van der Waals surface area contributed by atoms with E-state index < -0.39 is 0 Å². The molecule has 0 bridgehead atoms. The molecule has 0 atom stereocenters. The van der Waals surface area contributed by atoms with Gasteiger partial charge in [0.25, 0.3) is 0 Å². The fourth-order valence-corrected chi connectivity index (χ4v) is 1.90. The summed E-state index contributed by atoms with van der Waals surface area (Å²) >= 11 is 0. The zero-order chi connectivity index (χ0) is 9.26. The monoisotopic (exact) mass is 177 g/mol. The number of aromatic hydroxyl groups is 1. The van der Waals surface area contributed by atoms with Crippen molar-refractivity contribution in [2.24, 2.45) is 0 Å². The summed E-state index contributed by atoms with van der Waals surface area (Å²) in [6, 6.07) is 5.67. The number of aryl methyl sites for hydroxylation is 1. The van der Waals surface area contributed by atoms with Gasteiger partial charge in [0.15, 0.2) is 0 Å². The zero-order valence-corrected chi connectivity index (χ0v) is 7.95. The summed E-state index contributed by atoms with van der Waals surface area (Å²) < 4.78 is 0. The molecule has 0 saturated carbocycles. The maximum absolute atomic E-state index is 9.37. The van der Waals surface area contributed by atoms with Crippen molar-refractivity contribution in [2.45, 2.75) is 19.3 Å². The molecule has 13 heavy (non-hydrogen) atoms. The molecule has 0 aliphatic carbocycles. The van der Waals surface area contributed by atoms with Crippen LogP contribution in [0, 0.1) is 0 Å². The third kappa shape index (κ3) is 1.62. The number of fused-ring (bicyclic) bond motifs is 1. The van der Waals surface area contributed by atoms with Crippen LogP contribution in [0.3, 0.4) is 0 Å². The third-order valence-corrected chi connectivity index (χ3v) is 2.67. The van der Waals surface area contributed by atoms with Crippen molar-refractivity contribution in [3.8, 4) is 5.75 Å². The topological polar surface area (TPSA) is 23.5 Å². The predicted octanol–water partition coefficient (Wildman–Crippen LogP) is 2.16. The SMILES string of the molecule is CN1CCCCc2ccc(O)cc21. The van der Waals surface area contributed by atoms with Gasteiger partial charge in [-0.05, 0) is 30.9 Å². The molecule has 0 saturated heterocycles. The second-order valence-electron chi connectivity index (χ2n) is 3.69. The summed E-state index contributed by atoms with van der Waals surface area (Å²) in [7, 11) is 2.09. The number of rotatable bonds is 0. The van der Waals surface area contributed by atoms with E-state index in [1.54, 1.807) is 6.07 Å². The van der Waals surface area contributed by atoms with Crippen molar-refractivity contribution < 1.29 is 5.11 Å². The molecule has 1 aromatic rings. The maximum Gasteiger partial charge on any atom is 0.117 e. The Morgan fingerprint density at radius 2 is 2.15 bits per heavy atom. The molecule has 0 aromatic heterocycles. The molecule has 0 fully saturated rings. The Bertz CT molecular complexity index is 309. The highest BCUT2D eigenvalue weighted by Gasteiger charge is 2.11. The third-order valence-electron chi connectivity index (χ3n) is 2.67. The summed E-state index contributed by atoms with van der Waals surface area (Å²) in [4.78, 5) is 2.22. The van der Waals surface area contributed by atoms with Gasteiger partial charge < -0.3 is 10.0 Å². The van der Waals surface area contributed by atoms with Crippen molar-refractivity contribution in [2.75, 3.05) is 18.5 Å². The van der Waals surface area contributed by atoms with E-state index in [-0.39, 0.29) is 0 Å². The van der Waals surface area contributed by atoms with Crippen molar-refractivity contribution >= 4 is 5.69 Å². The van der Waals surface area contributed by atoms with Gasteiger partial charge in [0, 0.05) is 25.3 Å². The molecule has 70 valence electrons. The quantitative estimate of drug-likeness (QED) is 0.656. The molecule has 1 aliphatic rings. The van der Waals surface area contributed by atoms with E-state index in [1.807, 2.05) is 12.1 Å². The van der Waals surface area contributed by atoms with Gasteiger partial charge in [0.2, 0.25) is 0 Å². The van der Waals surface area contributed by atoms with Crippen LogP contribution in [0.25, 0.3) is 0 Å².